The zero-order valence-electron chi connectivity index (χ0n) is 16.2. The molecule has 154 valence electrons. The van der Waals surface area contributed by atoms with Crippen LogP contribution in [-0.2, 0) is 6.54 Å². The predicted molar refractivity (Wildman–Crippen MR) is 127 cm³/mol. The summed E-state index contributed by atoms with van der Waals surface area (Å²) in [7, 11) is 1.53. The minimum Gasteiger partial charge on any atom is -0.504 e. The Balaban J connectivity index is 0.00000392. The molecule has 1 atom stereocenters. The normalized spacial score (nSPS) is 11.9. The van der Waals surface area contributed by atoms with Gasteiger partial charge in [-0.3, -0.25) is 0 Å². The van der Waals surface area contributed by atoms with E-state index >= 15 is 0 Å². The average Bonchev–Trinajstić information content (AvgIpc) is 2.66. The summed E-state index contributed by atoms with van der Waals surface area (Å²) in [5.74, 6) is 2.06. The number of ether oxygens (including phenoxy) is 2. The summed E-state index contributed by atoms with van der Waals surface area (Å²) in [5, 5.41) is 16.4. The fraction of sp³-hybridized carbons (Fsp3) is 0.350. The minimum absolute atomic E-state index is 0. The number of rotatable bonds is 8. The summed E-state index contributed by atoms with van der Waals surface area (Å²) in [5.41, 5.74) is 0.892. The van der Waals surface area contributed by atoms with Crippen molar-refractivity contribution in [1.29, 1.82) is 0 Å². The molecule has 0 heterocycles. The monoisotopic (exact) mass is 563 g/mol. The molecule has 2 aromatic rings. The highest BCUT2D eigenvalue weighted by atomic mass is 127. The molecule has 0 aliphatic rings. The molecule has 0 amide bonds. The van der Waals surface area contributed by atoms with Gasteiger partial charge >= 0.3 is 0 Å². The van der Waals surface area contributed by atoms with Crippen LogP contribution < -0.4 is 20.1 Å². The largest absolute Gasteiger partial charge is 0.504 e. The molecule has 0 bridgehead atoms. The first-order chi connectivity index (χ1) is 13.0. The summed E-state index contributed by atoms with van der Waals surface area (Å²) in [4.78, 5) is 4.55. The number of para-hydroxylation sites is 1. The molecule has 0 aliphatic heterocycles. The highest BCUT2D eigenvalue weighted by Gasteiger charge is 2.08. The van der Waals surface area contributed by atoms with Gasteiger partial charge in [0.15, 0.2) is 17.5 Å². The van der Waals surface area contributed by atoms with E-state index in [9.17, 15) is 5.11 Å². The van der Waals surface area contributed by atoms with Crippen LogP contribution in [0.4, 0.5) is 0 Å². The zero-order valence-corrected chi connectivity index (χ0v) is 20.2. The maximum atomic E-state index is 9.87. The molecular formula is C20H27BrIN3O3. The van der Waals surface area contributed by atoms with Crippen molar-refractivity contribution in [2.24, 2.45) is 4.99 Å². The van der Waals surface area contributed by atoms with Gasteiger partial charge in [-0.1, -0.05) is 18.2 Å². The van der Waals surface area contributed by atoms with Gasteiger partial charge in [0.05, 0.1) is 24.7 Å². The van der Waals surface area contributed by atoms with Crippen molar-refractivity contribution in [3.05, 3.63) is 52.5 Å². The molecule has 0 aliphatic carbocycles. The van der Waals surface area contributed by atoms with E-state index in [1.807, 2.05) is 44.2 Å². The number of methoxy groups -OCH3 is 1. The van der Waals surface area contributed by atoms with Crippen LogP contribution >= 0.6 is 39.9 Å². The Kier molecular flexibility index (Phi) is 11.1. The molecule has 3 N–H and O–H groups in total. The van der Waals surface area contributed by atoms with E-state index in [0.29, 0.717) is 24.8 Å². The third kappa shape index (κ3) is 7.75. The summed E-state index contributed by atoms with van der Waals surface area (Å²) in [6.07, 6.45) is -0.0439. The maximum absolute atomic E-state index is 9.87. The SMILES string of the molecule is CCNC(=NCc1ccc(OC)c(O)c1)NCC(C)Oc1ccccc1Br.I. The quantitative estimate of drug-likeness (QED) is 0.254. The summed E-state index contributed by atoms with van der Waals surface area (Å²) in [6, 6.07) is 13.0. The molecule has 8 heteroatoms. The number of guanidine groups is 1. The van der Waals surface area contributed by atoms with Crippen LogP contribution in [0.3, 0.4) is 0 Å². The Morgan fingerprint density at radius 2 is 1.93 bits per heavy atom. The second-order valence-corrected chi connectivity index (χ2v) is 6.80. The van der Waals surface area contributed by atoms with Gasteiger partial charge in [0.25, 0.3) is 0 Å². The van der Waals surface area contributed by atoms with Crippen LogP contribution in [0, 0.1) is 0 Å². The van der Waals surface area contributed by atoms with Crippen LogP contribution in [0.25, 0.3) is 0 Å². The number of benzene rings is 2. The van der Waals surface area contributed by atoms with Gasteiger partial charge in [-0.2, -0.15) is 0 Å². The smallest absolute Gasteiger partial charge is 0.191 e. The maximum Gasteiger partial charge on any atom is 0.191 e. The number of nitrogens with one attached hydrogen (secondary N) is 2. The third-order valence-electron chi connectivity index (χ3n) is 3.73. The number of hydrogen-bond acceptors (Lipinski definition) is 4. The number of aromatic hydroxyl groups is 1. The molecule has 6 nitrogen and oxygen atoms in total. The molecule has 28 heavy (non-hydrogen) atoms. The van der Waals surface area contributed by atoms with Gasteiger partial charge in [-0.15, -0.1) is 24.0 Å². The molecule has 0 radical (unpaired) electrons. The number of phenolic OH excluding ortho intramolecular Hbond substituents is 1. The van der Waals surface area contributed by atoms with Crippen LogP contribution in [0.15, 0.2) is 51.9 Å². The number of hydrogen-bond donors (Lipinski definition) is 3. The molecule has 2 aromatic carbocycles. The van der Waals surface area contributed by atoms with Crippen LogP contribution in [-0.4, -0.2) is 37.4 Å². The van der Waals surface area contributed by atoms with Crippen LogP contribution in [0.5, 0.6) is 17.2 Å². The lowest BCUT2D eigenvalue weighted by Crippen LogP contribution is -2.41. The van der Waals surface area contributed by atoms with Gasteiger partial charge in [-0.25, -0.2) is 4.99 Å². The molecule has 0 saturated heterocycles. The van der Waals surface area contributed by atoms with E-state index in [1.54, 1.807) is 12.1 Å². The van der Waals surface area contributed by atoms with E-state index < -0.39 is 0 Å². The molecule has 0 spiro atoms. The Hall–Kier alpha value is -1.68. The van der Waals surface area contributed by atoms with Crippen molar-refractivity contribution in [3.63, 3.8) is 0 Å². The van der Waals surface area contributed by atoms with Gasteiger partial charge in [-0.05, 0) is 59.6 Å². The van der Waals surface area contributed by atoms with Gasteiger partial charge < -0.3 is 25.2 Å². The van der Waals surface area contributed by atoms with Crippen molar-refractivity contribution >= 4 is 45.9 Å². The molecule has 0 aromatic heterocycles. The highest BCUT2D eigenvalue weighted by Crippen LogP contribution is 2.26. The summed E-state index contributed by atoms with van der Waals surface area (Å²) < 4.78 is 11.9. The Morgan fingerprint density at radius 1 is 1.18 bits per heavy atom. The summed E-state index contributed by atoms with van der Waals surface area (Å²) >= 11 is 3.49. The molecular weight excluding hydrogens is 537 g/mol. The second-order valence-electron chi connectivity index (χ2n) is 5.94. The molecule has 0 saturated carbocycles. The lowest BCUT2D eigenvalue weighted by atomic mass is 10.2. The first kappa shape index (κ1) is 24.4. The third-order valence-corrected chi connectivity index (χ3v) is 4.38. The predicted octanol–water partition coefficient (Wildman–Crippen LogP) is 4.30. The van der Waals surface area contributed by atoms with Crippen molar-refractivity contribution < 1.29 is 14.6 Å². The Morgan fingerprint density at radius 3 is 2.57 bits per heavy atom. The Bertz CT molecular complexity index is 774. The van der Waals surface area contributed by atoms with Crippen LogP contribution in [0.2, 0.25) is 0 Å². The van der Waals surface area contributed by atoms with E-state index in [-0.39, 0.29) is 35.8 Å². The standard InChI is InChI=1S/C20H26BrN3O3.HI/c1-4-22-20(24-13-15-9-10-19(26-3)17(25)11-15)23-12-14(2)27-18-8-6-5-7-16(18)21;/h5-11,14,25H,4,12-13H2,1-3H3,(H2,22,23,24);1H. The first-order valence-electron chi connectivity index (χ1n) is 8.82. The summed E-state index contributed by atoms with van der Waals surface area (Å²) in [6.45, 7) is 5.79. The second kappa shape index (κ2) is 12.7. The average molecular weight is 564 g/mol. The lowest BCUT2D eigenvalue weighted by Gasteiger charge is -2.18. The van der Waals surface area contributed by atoms with Gasteiger partial charge in [0, 0.05) is 6.54 Å². The fourth-order valence-corrected chi connectivity index (χ4v) is 2.76. The van der Waals surface area contributed by atoms with E-state index in [1.165, 1.54) is 7.11 Å². The molecule has 2 rings (SSSR count). The first-order valence-corrected chi connectivity index (χ1v) is 9.62. The number of nitrogens with zero attached hydrogens (tertiary/aromatic N) is 1. The fourth-order valence-electron chi connectivity index (χ4n) is 2.39. The van der Waals surface area contributed by atoms with Crippen molar-refractivity contribution in [3.8, 4) is 17.2 Å². The minimum atomic E-state index is -0.0439. The van der Waals surface area contributed by atoms with E-state index in [4.69, 9.17) is 9.47 Å². The van der Waals surface area contributed by atoms with Crippen molar-refractivity contribution in [2.75, 3.05) is 20.2 Å². The Labute approximate surface area is 191 Å². The molecule has 1 unspecified atom stereocenters. The van der Waals surface area contributed by atoms with Gasteiger partial charge in [0.2, 0.25) is 0 Å². The topological polar surface area (TPSA) is 75.1 Å². The lowest BCUT2D eigenvalue weighted by molar-refractivity contribution is 0.222. The van der Waals surface area contributed by atoms with E-state index in [0.717, 1.165) is 22.3 Å². The van der Waals surface area contributed by atoms with Crippen molar-refractivity contribution in [1.82, 2.24) is 10.6 Å². The zero-order chi connectivity index (χ0) is 19.6. The number of aliphatic imine (C=N–C) groups is 1. The van der Waals surface area contributed by atoms with Crippen molar-refractivity contribution in [2.45, 2.75) is 26.5 Å². The number of halogens is 2. The van der Waals surface area contributed by atoms with Crippen LogP contribution in [0.1, 0.15) is 19.4 Å². The number of phenols is 1. The highest BCUT2D eigenvalue weighted by molar-refractivity contribution is 14.0. The van der Waals surface area contributed by atoms with Gasteiger partial charge in [0.1, 0.15) is 11.9 Å². The molecule has 0 fully saturated rings. The van der Waals surface area contributed by atoms with E-state index in [2.05, 4.69) is 31.6 Å².